The summed E-state index contributed by atoms with van der Waals surface area (Å²) >= 11 is 0. The van der Waals surface area contributed by atoms with Gasteiger partial charge in [0.2, 0.25) is 10.9 Å². The van der Waals surface area contributed by atoms with E-state index in [-0.39, 0.29) is 16.5 Å². The number of nitrogens with zero attached hydrogens (tertiary/aromatic N) is 1. The molecule has 3 aromatic rings. The van der Waals surface area contributed by atoms with Crippen molar-refractivity contribution in [1.29, 1.82) is 0 Å². The summed E-state index contributed by atoms with van der Waals surface area (Å²) in [7, 11) is 0. The van der Waals surface area contributed by atoms with Gasteiger partial charge in [-0.25, -0.2) is 19.0 Å². The first-order chi connectivity index (χ1) is 11.5. The third-order valence-electron chi connectivity index (χ3n) is 3.30. The number of halogens is 2. The van der Waals surface area contributed by atoms with Gasteiger partial charge in [-0.1, -0.05) is 24.3 Å². The predicted molar refractivity (Wildman–Crippen MR) is 82.9 cm³/mol. The summed E-state index contributed by atoms with van der Waals surface area (Å²) < 4.78 is 26.2. The first kappa shape index (κ1) is 15.5. The first-order valence-corrected chi connectivity index (χ1v) is 6.75. The fraction of sp³-hybridized carbons (Fsp3) is 0. The van der Waals surface area contributed by atoms with Crippen LogP contribution in [0.1, 0.15) is 0 Å². The molecule has 0 aliphatic rings. The smallest absolute Gasteiger partial charge is 0.304 e. The number of carbonyl (C=O) groups excluding carboxylic acids is 1. The van der Waals surface area contributed by atoms with E-state index in [0.717, 1.165) is 12.1 Å². The molecule has 3 rings (SSSR count). The number of nitrogens with one attached hydrogen (secondary N) is 2. The summed E-state index contributed by atoms with van der Waals surface area (Å²) in [6.45, 7) is 0. The number of hydrogen-bond donors (Lipinski definition) is 2. The number of carbonyl (C=O) groups is 1. The maximum atomic E-state index is 13.4. The van der Waals surface area contributed by atoms with Gasteiger partial charge in [0.25, 0.3) is 0 Å². The van der Waals surface area contributed by atoms with Crippen molar-refractivity contribution in [3.8, 4) is 0 Å². The zero-order valence-corrected chi connectivity index (χ0v) is 12.0. The molecular formula is C16H9F2N3O3. The Kier molecular flexibility index (Phi) is 3.87. The van der Waals surface area contributed by atoms with Gasteiger partial charge in [0.05, 0.1) is 5.69 Å². The van der Waals surface area contributed by atoms with E-state index in [4.69, 9.17) is 0 Å². The minimum Gasteiger partial charge on any atom is -0.304 e. The highest BCUT2D eigenvalue weighted by atomic mass is 19.1. The highest BCUT2D eigenvalue weighted by Gasteiger charge is 2.11. The zero-order chi connectivity index (χ0) is 17.3. The number of amides is 2. The second-order valence-electron chi connectivity index (χ2n) is 4.85. The Labute approximate surface area is 132 Å². The molecule has 0 aliphatic carbocycles. The van der Waals surface area contributed by atoms with Crippen LogP contribution in [-0.4, -0.2) is 6.03 Å². The Morgan fingerprint density at radius 2 is 1.58 bits per heavy atom. The van der Waals surface area contributed by atoms with Gasteiger partial charge >= 0.3 is 6.03 Å². The molecule has 8 heteroatoms. The highest BCUT2D eigenvalue weighted by molar-refractivity contribution is 5.89. The van der Waals surface area contributed by atoms with Gasteiger partial charge in [-0.2, -0.15) is 5.10 Å². The van der Waals surface area contributed by atoms with Crippen LogP contribution in [0.15, 0.2) is 57.2 Å². The molecule has 2 amide bonds. The molecule has 0 atom stereocenters. The van der Waals surface area contributed by atoms with E-state index in [1.165, 1.54) is 12.1 Å². The molecule has 0 aromatic heterocycles. The molecule has 0 saturated carbocycles. The summed E-state index contributed by atoms with van der Waals surface area (Å²) in [4.78, 5) is 35.8. The number of urea groups is 1. The molecule has 0 spiro atoms. The van der Waals surface area contributed by atoms with Crippen LogP contribution in [0.2, 0.25) is 0 Å². The van der Waals surface area contributed by atoms with Gasteiger partial charge < -0.3 is 5.32 Å². The molecule has 0 fully saturated rings. The predicted octanol–water partition coefficient (Wildman–Crippen LogP) is 1.35. The van der Waals surface area contributed by atoms with E-state index >= 15 is 0 Å². The van der Waals surface area contributed by atoms with Gasteiger partial charge in [0, 0.05) is 16.8 Å². The van der Waals surface area contributed by atoms with Crippen LogP contribution >= 0.6 is 0 Å². The van der Waals surface area contributed by atoms with Crippen molar-refractivity contribution in [2.75, 3.05) is 5.32 Å². The quantitative estimate of drug-likeness (QED) is 0.696. The molecule has 24 heavy (non-hydrogen) atoms. The maximum Gasteiger partial charge on any atom is 0.339 e. The molecule has 0 bridgehead atoms. The van der Waals surface area contributed by atoms with Gasteiger partial charge in [-0.05, 0) is 12.1 Å². The molecule has 0 heterocycles. The third kappa shape index (κ3) is 2.76. The van der Waals surface area contributed by atoms with Crippen molar-refractivity contribution in [3.05, 3.63) is 79.9 Å². The van der Waals surface area contributed by atoms with Gasteiger partial charge in [-0.3, -0.25) is 9.59 Å². The number of anilines is 1. The van der Waals surface area contributed by atoms with Crippen molar-refractivity contribution in [2.24, 2.45) is 5.10 Å². The SMILES string of the molecule is O=C(NN=c1c(=O)c2ccccc2c1=O)Nc1ccc(F)cc1F. The number of rotatable bonds is 2. The van der Waals surface area contributed by atoms with Crippen LogP contribution in [-0.2, 0) is 0 Å². The molecule has 2 N–H and O–H groups in total. The lowest BCUT2D eigenvalue weighted by molar-refractivity contribution is 0.252. The number of hydrogen-bond acceptors (Lipinski definition) is 4. The molecule has 0 saturated heterocycles. The lowest BCUT2D eigenvalue weighted by Crippen LogP contribution is -2.36. The lowest BCUT2D eigenvalue weighted by Gasteiger charge is -2.04. The summed E-state index contributed by atoms with van der Waals surface area (Å²) in [6.07, 6.45) is 0. The Balaban J connectivity index is 1.87. The first-order valence-electron chi connectivity index (χ1n) is 6.75. The number of benzene rings is 2. The molecule has 6 nitrogen and oxygen atoms in total. The van der Waals surface area contributed by atoms with Crippen molar-refractivity contribution in [1.82, 2.24) is 5.43 Å². The van der Waals surface area contributed by atoms with Crippen LogP contribution < -0.4 is 27.0 Å². The minimum absolute atomic E-state index is 0.202. The van der Waals surface area contributed by atoms with Crippen LogP contribution in [0.5, 0.6) is 0 Å². The Morgan fingerprint density at radius 3 is 2.17 bits per heavy atom. The Hall–Kier alpha value is -3.42. The lowest BCUT2D eigenvalue weighted by atomic mass is 10.2. The van der Waals surface area contributed by atoms with Crippen molar-refractivity contribution < 1.29 is 13.6 Å². The van der Waals surface area contributed by atoms with Crippen LogP contribution in [0, 0.1) is 11.6 Å². The highest BCUT2D eigenvalue weighted by Crippen LogP contribution is 2.14. The second kappa shape index (κ2) is 5.99. The third-order valence-corrected chi connectivity index (χ3v) is 3.30. The average Bonchev–Trinajstić information content (AvgIpc) is 2.80. The molecule has 0 radical (unpaired) electrons. The average molecular weight is 329 g/mol. The monoisotopic (exact) mass is 329 g/mol. The molecule has 0 unspecified atom stereocenters. The fourth-order valence-electron chi connectivity index (χ4n) is 2.19. The van der Waals surface area contributed by atoms with Crippen molar-refractivity contribution >= 4 is 22.5 Å². The van der Waals surface area contributed by atoms with E-state index in [1.807, 2.05) is 5.43 Å². The second-order valence-corrected chi connectivity index (χ2v) is 4.85. The van der Waals surface area contributed by atoms with Gasteiger partial charge in [0.15, 0.2) is 5.36 Å². The van der Waals surface area contributed by atoms with Gasteiger partial charge in [-0.15, -0.1) is 0 Å². The Morgan fingerprint density at radius 1 is 0.958 bits per heavy atom. The van der Waals surface area contributed by atoms with Gasteiger partial charge in [0.1, 0.15) is 11.6 Å². The molecule has 3 aromatic carbocycles. The Bertz CT molecular complexity index is 1050. The van der Waals surface area contributed by atoms with Crippen molar-refractivity contribution in [2.45, 2.75) is 0 Å². The zero-order valence-electron chi connectivity index (χ0n) is 12.0. The summed E-state index contributed by atoms with van der Waals surface area (Å²) in [5.41, 5.74) is 0.455. The standard InChI is InChI=1S/C16H9F2N3O3/c17-8-5-6-12(11(18)7-8)19-16(24)21-20-13-14(22)9-3-1-2-4-10(9)15(13)23/h1-7H,(H2,19,21,24). The van der Waals surface area contributed by atoms with Crippen LogP contribution in [0.3, 0.4) is 0 Å². The summed E-state index contributed by atoms with van der Waals surface area (Å²) in [6, 6.07) is 7.77. The van der Waals surface area contributed by atoms with Crippen molar-refractivity contribution in [3.63, 3.8) is 0 Å². The largest absolute Gasteiger partial charge is 0.339 e. The van der Waals surface area contributed by atoms with Crippen LogP contribution in [0.4, 0.5) is 19.3 Å². The topological polar surface area (TPSA) is 87.6 Å². The van der Waals surface area contributed by atoms with E-state index in [2.05, 4.69) is 10.4 Å². The van der Waals surface area contributed by atoms with E-state index in [9.17, 15) is 23.2 Å². The van der Waals surface area contributed by atoms with E-state index in [0.29, 0.717) is 6.07 Å². The van der Waals surface area contributed by atoms with Crippen LogP contribution in [0.25, 0.3) is 10.8 Å². The summed E-state index contributed by atoms with van der Waals surface area (Å²) in [5, 5.41) is 5.56. The van der Waals surface area contributed by atoms with E-state index in [1.54, 1.807) is 12.1 Å². The normalized spacial score (nSPS) is 10.6. The summed E-state index contributed by atoms with van der Waals surface area (Å²) in [5.74, 6) is -1.77. The minimum atomic E-state index is -0.982. The molecular weight excluding hydrogens is 320 g/mol. The fourth-order valence-corrected chi connectivity index (χ4v) is 2.19. The molecule has 0 aliphatic heterocycles. The molecule has 120 valence electrons. The van der Waals surface area contributed by atoms with E-state index < -0.39 is 33.9 Å². The maximum absolute atomic E-state index is 13.4. The number of fused-ring (bicyclic) bond motifs is 1.